The maximum absolute atomic E-state index is 14.2. The van der Waals surface area contributed by atoms with Crippen molar-refractivity contribution in [1.29, 1.82) is 0 Å². The van der Waals surface area contributed by atoms with E-state index >= 15 is 0 Å². The van der Waals surface area contributed by atoms with Gasteiger partial charge in [0.2, 0.25) is 0 Å². The normalized spacial score (nSPS) is 20.0. The summed E-state index contributed by atoms with van der Waals surface area (Å²) in [4.78, 5) is 2.18. The highest BCUT2D eigenvalue weighted by Gasteiger charge is 2.23. The second-order valence-electron chi connectivity index (χ2n) is 7.00. The van der Waals surface area contributed by atoms with Crippen LogP contribution in [0.2, 0.25) is 0 Å². The van der Waals surface area contributed by atoms with E-state index < -0.39 is 0 Å². The minimum atomic E-state index is -0.243. The Hall–Kier alpha value is -2.38. The molecule has 27 heavy (non-hydrogen) atoms. The van der Waals surface area contributed by atoms with E-state index in [0.717, 1.165) is 41.3 Å². The molecule has 3 heterocycles. The molecule has 2 aromatic heterocycles. The van der Waals surface area contributed by atoms with Crippen LogP contribution in [0.15, 0.2) is 41.2 Å². The number of aromatic amines is 1. The molecule has 4 rings (SSSR count). The SMILES string of the molecule is C[C@@H]1CN(c2cc(F)cc(NCc3cn[nH]c3-c3ccsc3)c2)C[C@H](C)O1. The Morgan fingerprint density at radius 3 is 2.85 bits per heavy atom. The molecule has 0 amide bonds. The Morgan fingerprint density at radius 1 is 1.30 bits per heavy atom. The Labute approximate surface area is 162 Å². The third kappa shape index (κ3) is 4.14. The van der Waals surface area contributed by atoms with Gasteiger partial charge in [-0.25, -0.2) is 4.39 Å². The zero-order chi connectivity index (χ0) is 18.8. The molecule has 142 valence electrons. The first-order valence-electron chi connectivity index (χ1n) is 9.08. The molecule has 3 aromatic rings. The third-order valence-electron chi connectivity index (χ3n) is 4.68. The largest absolute Gasteiger partial charge is 0.381 e. The van der Waals surface area contributed by atoms with Crippen molar-refractivity contribution in [3.8, 4) is 11.3 Å². The first-order valence-corrected chi connectivity index (χ1v) is 10.0. The van der Waals surface area contributed by atoms with Gasteiger partial charge in [0.15, 0.2) is 0 Å². The first-order chi connectivity index (χ1) is 13.1. The van der Waals surface area contributed by atoms with Crippen LogP contribution >= 0.6 is 11.3 Å². The number of hydrogen-bond donors (Lipinski definition) is 2. The van der Waals surface area contributed by atoms with Crippen LogP contribution in [0, 0.1) is 5.82 Å². The maximum Gasteiger partial charge on any atom is 0.127 e. The lowest BCUT2D eigenvalue weighted by Crippen LogP contribution is -2.45. The second-order valence-corrected chi connectivity index (χ2v) is 7.78. The van der Waals surface area contributed by atoms with E-state index in [0.29, 0.717) is 6.54 Å². The molecular formula is C20H23FN4OS. The fourth-order valence-electron chi connectivity index (χ4n) is 3.55. The van der Waals surface area contributed by atoms with Crippen molar-refractivity contribution < 1.29 is 9.13 Å². The fourth-order valence-corrected chi connectivity index (χ4v) is 4.19. The zero-order valence-electron chi connectivity index (χ0n) is 15.4. The van der Waals surface area contributed by atoms with Gasteiger partial charge in [0.25, 0.3) is 0 Å². The van der Waals surface area contributed by atoms with Gasteiger partial charge in [-0.3, -0.25) is 5.10 Å². The van der Waals surface area contributed by atoms with Crippen LogP contribution < -0.4 is 10.2 Å². The van der Waals surface area contributed by atoms with Crippen LogP contribution in [0.25, 0.3) is 11.3 Å². The van der Waals surface area contributed by atoms with Crippen LogP contribution in [0.5, 0.6) is 0 Å². The molecule has 1 aliphatic heterocycles. The van der Waals surface area contributed by atoms with Crippen molar-refractivity contribution in [2.24, 2.45) is 0 Å². The predicted molar refractivity (Wildman–Crippen MR) is 108 cm³/mol. The highest BCUT2D eigenvalue weighted by atomic mass is 32.1. The first kappa shape index (κ1) is 18.0. The molecule has 2 N–H and O–H groups in total. The number of hydrogen-bond acceptors (Lipinski definition) is 5. The Balaban J connectivity index is 1.50. The van der Waals surface area contributed by atoms with Gasteiger partial charge in [0.1, 0.15) is 5.82 Å². The zero-order valence-corrected chi connectivity index (χ0v) is 16.2. The highest BCUT2D eigenvalue weighted by molar-refractivity contribution is 7.08. The number of anilines is 2. The number of ether oxygens (including phenoxy) is 1. The summed E-state index contributed by atoms with van der Waals surface area (Å²) < 4.78 is 20.0. The summed E-state index contributed by atoms with van der Waals surface area (Å²) in [6.07, 6.45) is 2.07. The number of nitrogens with zero attached hydrogens (tertiary/aromatic N) is 2. The molecule has 0 saturated carbocycles. The van der Waals surface area contributed by atoms with E-state index in [-0.39, 0.29) is 18.0 Å². The van der Waals surface area contributed by atoms with Gasteiger partial charge < -0.3 is 15.0 Å². The van der Waals surface area contributed by atoms with Gasteiger partial charge in [-0.1, -0.05) is 0 Å². The minimum Gasteiger partial charge on any atom is -0.381 e. The molecule has 1 aliphatic rings. The molecule has 5 nitrogen and oxygen atoms in total. The lowest BCUT2D eigenvalue weighted by atomic mass is 10.1. The summed E-state index contributed by atoms with van der Waals surface area (Å²) in [5.74, 6) is -0.243. The number of H-pyrrole nitrogens is 1. The van der Waals surface area contributed by atoms with E-state index in [2.05, 4.69) is 31.9 Å². The second kappa shape index (κ2) is 7.70. The third-order valence-corrected chi connectivity index (χ3v) is 5.36. The number of morpholine rings is 1. The molecule has 2 atom stereocenters. The van der Waals surface area contributed by atoms with Crippen molar-refractivity contribution >= 4 is 22.7 Å². The van der Waals surface area contributed by atoms with Crippen LogP contribution in [0.1, 0.15) is 19.4 Å². The highest BCUT2D eigenvalue weighted by Crippen LogP contribution is 2.27. The van der Waals surface area contributed by atoms with Gasteiger partial charge in [-0.05, 0) is 43.5 Å². The Bertz CT molecular complexity index is 885. The predicted octanol–water partition coefficient (Wildman–Crippen LogP) is 4.50. The molecule has 0 bridgehead atoms. The summed E-state index contributed by atoms with van der Waals surface area (Å²) in [7, 11) is 0. The number of halogens is 1. The minimum absolute atomic E-state index is 0.132. The van der Waals surface area contributed by atoms with Crippen molar-refractivity contribution in [2.45, 2.75) is 32.6 Å². The fraction of sp³-hybridized carbons (Fsp3) is 0.350. The van der Waals surface area contributed by atoms with Crippen molar-refractivity contribution in [1.82, 2.24) is 10.2 Å². The molecule has 0 spiro atoms. The lowest BCUT2D eigenvalue weighted by Gasteiger charge is -2.37. The molecule has 7 heteroatoms. The van der Waals surface area contributed by atoms with Crippen molar-refractivity contribution in [3.63, 3.8) is 0 Å². The Morgan fingerprint density at radius 2 is 2.11 bits per heavy atom. The maximum atomic E-state index is 14.2. The van der Waals surface area contributed by atoms with E-state index in [1.54, 1.807) is 17.4 Å². The molecular weight excluding hydrogens is 363 g/mol. The molecule has 0 radical (unpaired) electrons. The standard InChI is InChI=1S/C20H23FN4OS/c1-13-10-25(11-14(2)26-13)19-6-17(21)5-18(7-19)22-8-16-9-23-24-20(16)15-3-4-27-12-15/h3-7,9,12-14,22H,8,10-11H2,1-2H3,(H,23,24)/t13-,14+. The lowest BCUT2D eigenvalue weighted by molar-refractivity contribution is -0.00523. The Kier molecular flexibility index (Phi) is 5.13. The monoisotopic (exact) mass is 386 g/mol. The summed E-state index contributed by atoms with van der Waals surface area (Å²) in [6.45, 7) is 6.19. The van der Waals surface area contributed by atoms with Crippen LogP contribution in [-0.2, 0) is 11.3 Å². The smallest absolute Gasteiger partial charge is 0.127 e. The summed E-state index contributed by atoms with van der Waals surface area (Å²) in [5, 5.41) is 14.7. The average Bonchev–Trinajstić information content (AvgIpc) is 3.30. The van der Waals surface area contributed by atoms with Crippen molar-refractivity contribution in [3.05, 3.63) is 52.6 Å². The van der Waals surface area contributed by atoms with Gasteiger partial charge in [0, 0.05) is 47.5 Å². The van der Waals surface area contributed by atoms with E-state index in [4.69, 9.17) is 4.74 Å². The van der Waals surface area contributed by atoms with Gasteiger partial charge in [-0.15, -0.1) is 0 Å². The quantitative estimate of drug-likeness (QED) is 0.678. The van der Waals surface area contributed by atoms with Gasteiger partial charge >= 0.3 is 0 Å². The van der Waals surface area contributed by atoms with Crippen molar-refractivity contribution in [2.75, 3.05) is 23.3 Å². The van der Waals surface area contributed by atoms with E-state index in [1.807, 2.05) is 31.5 Å². The summed E-state index contributed by atoms with van der Waals surface area (Å²) >= 11 is 1.65. The summed E-state index contributed by atoms with van der Waals surface area (Å²) in [6, 6.07) is 7.17. The number of thiophene rings is 1. The van der Waals surface area contributed by atoms with Crippen LogP contribution in [0.4, 0.5) is 15.8 Å². The van der Waals surface area contributed by atoms with Crippen LogP contribution in [-0.4, -0.2) is 35.5 Å². The molecule has 1 saturated heterocycles. The van der Waals surface area contributed by atoms with E-state index in [9.17, 15) is 4.39 Å². The van der Waals surface area contributed by atoms with Gasteiger partial charge in [0.05, 0.1) is 24.1 Å². The van der Waals surface area contributed by atoms with Crippen LogP contribution in [0.3, 0.4) is 0 Å². The summed E-state index contributed by atoms with van der Waals surface area (Å²) in [5.41, 5.74) is 4.80. The molecule has 0 unspecified atom stereocenters. The number of rotatable bonds is 5. The molecule has 1 aromatic carbocycles. The average molecular weight is 386 g/mol. The molecule has 0 aliphatic carbocycles. The topological polar surface area (TPSA) is 53.2 Å². The van der Waals surface area contributed by atoms with Gasteiger partial charge in [-0.2, -0.15) is 16.4 Å². The number of aromatic nitrogens is 2. The number of benzene rings is 1. The van der Waals surface area contributed by atoms with E-state index in [1.165, 1.54) is 6.07 Å². The molecule has 1 fully saturated rings. The number of nitrogens with one attached hydrogen (secondary N) is 2.